The van der Waals surface area contributed by atoms with E-state index in [1.165, 1.54) is 0 Å². The lowest BCUT2D eigenvalue weighted by Gasteiger charge is -2.10. The predicted molar refractivity (Wildman–Crippen MR) is 73.4 cm³/mol. The Balaban J connectivity index is 2.47. The third-order valence-corrected chi connectivity index (χ3v) is 3.46. The van der Waals surface area contributed by atoms with Crippen LogP contribution >= 0.6 is 0 Å². The Morgan fingerprint density at radius 1 is 1.37 bits per heavy atom. The van der Waals surface area contributed by atoms with Gasteiger partial charge in [0.2, 0.25) is 0 Å². The first kappa shape index (κ1) is 13.1. The smallest absolute Gasteiger partial charge is 0.338 e. The average molecular weight is 259 g/mol. The zero-order valence-corrected chi connectivity index (χ0v) is 11.3. The van der Waals surface area contributed by atoms with Crippen LogP contribution in [0.15, 0.2) is 18.2 Å². The molecule has 0 amide bonds. The molecule has 0 radical (unpaired) electrons. The van der Waals surface area contributed by atoms with Crippen LogP contribution < -0.4 is 5.73 Å². The molecule has 1 aromatic carbocycles. The largest absolute Gasteiger partial charge is 0.478 e. The fourth-order valence-electron chi connectivity index (χ4n) is 2.11. The number of nitrogen functional groups attached to an aromatic ring is 1. The molecule has 0 atom stereocenters. The summed E-state index contributed by atoms with van der Waals surface area (Å²) in [7, 11) is 0. The number of aromatic nitrogens is 2. The topological polar surface area (TPSA) is 81.1 Å². The molecule has 0 saturated carbocycles. The summed E-state index contributed by atoms with van der Waals surface area (Å²) in [6, 6.07) is 5.13. The van der Waals surface area contributed by atoms with E-state index in [1.54, 1.807) is 18.2 Å². The van der Waals surface area contributed by atoms with E-state index in [-0.39, 0.29) is 11.3 Å². The Labute approximate surface area is 111 Å². The van der Waals surface area contributed by atoms with Crippen LogP contribution in [0.1, 0.15) is 32.9 Å². The monoisotopic (exact) mass is 259 g/mol. The Kier molecular flexibility index (Phi) is 3.29. The quantitative estimate of drug-likeness (QED) is 0.827. The fourth-order valence-corrected chi connectivity index (χ4v) is 2.11. The molecule has 2 rings (SSSR count). The second-order valence-corrected chi connectivity index (χ2v) is 4.64. The number of benzene rings is 1. The van der Waals surface area contributed by atoms with Crippen molar-refractivity contribution in [2.45, 2.75) is 27.3 Å². The minimum Gasteiger partial charge on any atom is -0.478 e. The normalized spacial score (nSPS) is 10.7. The summed E-state index contributed by atoms with van der Waals surface area (Å²) < 4.78 is 1.81. The molecule has 5 heteroatoms. The van der Waals surface area contributed by atoms with Gasteiger partial charge >= 0.3 is 5.97 Å². The van der Waals surface area contributed by atoms with E-state index in [2.05, 4.69) is 5.10 Å². The summed E-state index contributed by atoms with van der Waals surface area (Å²) in [4.78, 5) is 11.3. The van der Waals surface area contributed by atoms with Crippen LogP contribution in [0.3, 0.4) is 0 Å². The molecular weight excluding hydrogens is 242 g/mol. The van der Waals surface area contributed by atoms with Gasteiger partial charge in [0.15, 0.2) is 0 Å². The van der Waals surface area contributed by atoms with Gasteiger partial charge in [-0.1, -0.05) is 12.1 Å². The van der Waals surface area contributed by atoms with Gasteiger partial charge < -0.3 is 10.8 Å². The standard InChI is InChI=1S/C14H17N3O2/c1-8-9(2)16-17(10(8)3)7-11-5-4-6-12(15)13(11)14(18)19/h4-6H,7,15H2,1-3H3,(H,18,19). The highest BCUT2D eigenvalue weighted by molar-refractivity contribution is 5.95. The summed E-state index contributed by atoms with van der Waals surface area (Å²) in [5, 5.41) is 13.7. The summed E-state index contributed by atoms with van der Waals surface area (Å²) in [6.07, 6.45) is 0. The molecule has 0 saturated heterocycles. The van der Waals surface area contributed by atoms with Crippen LogP contribution in [0.2, 0.25) is 0 Å². The summed E-state index contributed by atoms with van der Waals surface area (Å²) >= 11 is 0. The summed E-state index contributed by atoms with van der Waals surface area (Å²) in [5.41, 5.74) is 9.96. The zero-order chi connectivity index (χ0) is 14.2. The number of carbonyl (C=O) groups is 1. The molecule has 5 nitrogen and oxygen atoms in total. The van der Waals surface area contributed by atoms with E-state index >= 15 is 0 Å². The predicted octanol–water partition coefficient (Wildman–Crippen LogP) is 2.14. The van der Waals surface area contributed by atoms with Gasteiger partial charge in [-0.15, -0.1) is 0 Å². The third-order valence-electron chi connectivity index (χ3n) is 3.46. The molecule has 1 aromatic heterocycles. The number of aromatic carboxylic acids is 1. The van der Waals surface area contributed by atoms with Gasteiger partial charge in [0.1, 0.15) is 0 Å². The molecule has 0 spiro atoms. The van der Waals surface area contributed by atoms with E-state index in [0.29, 0.717) is 12.1 Å². The number of nitrogens with two attached hydrogens (primary N) is 1. The summed E-state index contributed by atoms with van der Waals surface area (Å²) in [5.74, 6) is -1.01. The van der Waals surface area contributed by atoms with Crippen LogP contribution in [0.25, 0.3) is 0 Å². The van der Waals surface area contributed by atoms with E-state index < -0.39 is 5.97 Å². The first-order chi connectivity index (χ1) is 8.91. The minimum atomic E-state index is -1.01. The Hall–Kier alpha value is -2.30. The first-order valence-corrected chi connectivity index (χ1v) is 6.03. The van der Waals surface area contributed by atoms with Crippen molar-refractivity contribution in [1.82, 2.24) is 9.78 Å². The second kappa shape index (κ2) is 4.76. The van der Waals surface area contributed by atoms with Crippen molar-refractivity contribution in [3.05, 3.63) is 46.3 Å². The minimum absolute atomic E-state index is 0.160. The molecule has 0 fully saturated rings. The molecule has 3 N–H and O–H groups in total. The van der Waals surface area contributed by atoms with Gasteiger partial charge in [0.25, 0.3) is 0 Å². The van der Waals surface area contributed by atoms with Crippen LogP contribution in [-0.4, -0.2) is 20.9 Å². The van der Waals surface area contributed by atoms with Gasteiger partial charge in [-0.2, -0.15) is 5.10 Å². The Morgan fingerprint density at radius 2 is 2.05 bits per heavy atom. The molecule has 0 unspecified atom stereocenters. The molecule has 2 aromatic rings. The third kappa shape index (κ3) is 2.31. The van der Waals surface area contributed by atoms with Crippen LogP contribution in [0.5, 0.6) is 0 Å². The highest BCUT2D eigenvalue weighted by atomic mass is 16.4. The summed E-state index contributed by atoms with van der Waals surface area (Å²) in [6.45, 7) is 6.33. The average Bonchev–Trinajstić information content (AvgIpc) is 2.57. The van der Waals surface area contributed by atoms with Crippen molar-refractivity contribution in [3.63, 3.8) is 0 Å². The Morgan fingerprint density at radius 3 is 2.58 bits per heavy atom. The lowest BCUT2D eigenvalue weighted by Crippen LogP contribution is -2.11. The lowest BCUT2D eigenvalue weighted by atomic mass is 10.1. The van der Waals surface area contributed by atoms with Crippen molar-refractivity contribution in [1.29, 1.82) is 0 Å². The van der Waals surface area contributed by atoms with E-state index in [0.717, 1.165) is 17.0 Å². The first-order valence-electron chi connectivity index (χ1n) is 6.03. The van der Waals surface area contributed by atoms with Crippen molar-refractivity contribution < 1.29 is 9.90 Å². The number of hydrogen-bond donors (Lipinski definition) is 2. The molecule has 0 bridgehead atoms. The number of aryl methyl sites for hydroxylation is 1. The number of carboxylic acid groups (broad SMARTS) is 1. The van der Waals surface area contributed by atoms with Crippen molar-refractivity contribution in [2.24, 2.45) is 0 Å². The van der Waals surface area contributed by atoms with Crippen LogP contribution in [-0.2, 0) is 6.54 Å². The fraction of sp³-hybridized carbons (Fsp3) is 0.286. The molecular formula is C14H17N3O2. The number of anilines is 1. The van der Waals surface area contributed by atoms with Crippen LogP contribution in [0, 0.1) is 20.8 Å². The van der Waals surface area contributed by atoms with E-state index in [9.17, 15) is 9.90 Å². The highest BCUT2D eigenvalue weighted by Gasteiger charge is 2.15. The highest BCUT2D eigenvalue weighted by Crippen LogP contribution is 2.20. The lowest BCUT2D eigenvalue weighted by molar-refractivity contribution is 0.0696. The molecule has 1 heterocycles. The molecule has 19 heavy (non-hydrogen) atoms. The van der Waals surface area contributed by atoms with Gasteiger partial charge in [0, 0.05) is 11.4 Å². The molecule has 0 aliphatic carbocycles. The maximum absolute atomic E-state index is 11.3. The van der Waals surface area contributed by atoms with Gasteiger partial charge in [-0.25, -0.2) is 4.79 Å². The second-order valence-electron chi connectivity index (χ2n) is 4.64. The number of nitrogens with zero attached hydrogens (tertiary/aromatic N) is 2. The molecule has 100 valence electrons. The number of hydrogen-bond acceptors (Lipinski definition) is 3. The number of rotatable bonds is 3. The van der Waals surface area contributed by atoms with Gasteiger partial charge in [-0.3, -0.25) is 4.68 Å². The maximum atomic E-state index is 11.3. The van der Waals surface area contributed by atoms with E-state index in [1.807, 2.05) is 25.5 Å². The molecule has 0 aliphatic rings. The zero-order valence-electron chi connectivity index (χ0n) is 11.3. The van der Waals surface area contributed by atoms with Crippen molar-refractivity contribution in [3.8, 4) is 0 Å². The van der Waals surface area contributed by atoms with Gasteiger partial charge in [0.05, 0.1) is 17.8 Å². The van der Waals surface area contributed by atoms with Crippen molar-refractivity contribution in [2.75, 3.05) is 5.73 Å². The van der Waals surface area contributed by atoms with Crippen molar-refractivity contribution >= 4 is 11.7 Å². The van der Waals surface area contributed by atoms with Crippen LogP contribution in [0.4, 0.5) is 5.69 Å². The van der Waals surface area contributed by atoms with E-state index in [4.69, 9.17) is 5.73 Å². The Bertz CT molecular complexity index is 644. The maximum Gasteiger partial charge on any atom is 0.338 e. The molecule has 0 aliphatic heterocycles. The SMILES string of the molecule is Cc1nn(Cc2cccc(N)c2C(=O)O)c(C)c1C. The van der Waals surface area contributed by atoms with Gasteiger partial charge in [-0.05, 0) is 38.0 Å². The number of carboxylic acids is 1.